The van der Waals surface area contributed by atoms with Crippen LogP contribution in [0.15, 0.2) is 17.0 Å². The third-order valence-corrected chi connectivity index (χ3v) is 5.91. The smallest absolute Gasteiger partial charge is 0.322 e. The number of benzene rings is 1. The average Bonchev–Trinajstić information content (AvgIpc) is 2.53. The summed E-state index contributed by atoms with van der Waals surface area (Å²) >= 11 is 19.4. The molecule has 0 atom stereocenters. The largest absolute Gasteiger partial charge is 0.463 e. The summed E-state index contributed by atoms with van der Waals surface area (Å²) in [6.45, 7) is 7.91. The lowest BCUT2D eigenvalue weighted by molar-refractivity contribution is -0.146. The lowest BCUT2D eigenvalue weighted by atomic mass is 10.2. The third kappa shape index (κ3) is 5.68. The number of thioether (sulfide) groups is 1. The van der Waals surface area contributed by atoms with Gasteiger partial charge in [-0.3, -0.25) is 9.69 Å². The highest BCUT2D eigenvalue weighted by molar-refractivity contribution is 8.01. The molecule has 0 unspecified atom stereocenters. The van der Waals surface area contributed by atoms with Gasteiger partial charge in [0.1, 0.15) is 11.4 Å². The van der Waals surface area contributed by atoms with Crippen molar-refractivity contribution < 1.29 is 14.3 Å². The zero-order chi connectivity index (χ0) is 17.7. The van der Waals surface area contributed by atoms with Crippen LogP contribution in [0.1, 0.15) is 13.8 Å². The van der Waals surface area contributed by atoms with Gasteiger partial charge in [-0.1, -0.05) is 34.8 Å². The third-order valence-electron chi connectivity index (χ3n) is 3.57. The maximum Gasteiger partial charge on any atom is 0.322 e. The van der Waals surface area contributed by atoms with Crippen LogP contribution in [0, 0.1) is 0 Å². The first-order valence-electron chi connectivity index (χ1n) is 7.60. The summed E-state index contributed by atoms with van der Waals surface area (Å²) in [4.78, 5) is 15.4. The van der Waals surface area contributed by atoms with E-state index in [1.807, 2.05) is 13.8 Å². The second-order valence-corrected chi connectivity index (χ2v) is 8.79. The monoisotopic (exact) mass is 411 g/mol. The summed E-state index contributed by atoms with van der Waals surface area (Å²) in [7, 11) is 0. The highest BCUT2D eigenvalue weighted by Gasteiger charge is 2.31. The lowest BCUT2D eigenvalue weighted by Crippen LogP contribution is -2.39. The van der Waals surface area contributed by atoms with Gasteiger partial charge < -0.3 is 9.47 Å². The van der Waals surface area contributed by atoms with Gasteiger partial charge in [0.25, 0.3) is 0 Å². The Balaban J connectivity index is 1.87. The zero-order valence-electron chi connectivity index (χ0n) is 13.6. The van der Waals surface area contributed by atoms with Crippen LogP contribution in [0.3, 0.4) is 0 Å². The molecule has 24 heavy (non-hydrogen) atoms. The molecule has 8 heteroatoms. The van der Waals surface area contributed by atoms with Crippen molar-refractivity contribution in [3.05, 3.63) is 27.2 Å². The number of carbonyl (C=O) groups is 1. The van der Waals surface area contributed by atoms with E-state index in [9.17, 15) is 4.79 Å². The number of rotatable bonds is 6. The Labute approximate surface area is 161 Å². The van der Waals surface area contributed by atoms with Crippen LogP contribution in [-0.2, 0) is 14.3 Å². The fourth-order valence-corrected chi connectivity index (χ4v) is 4.00. The zero-order valence-corrected chi connectivity index (χ0v) is 16.7. The lowest BCUT2D eigenvalue weighted by Gasteiger charge is -2.27. The first-order valence-corrected chi connectivity index (χ1v) is 9.55. The Morgan fingerprint density at radius 1 is 1.25 bits per heavy atom. The molecular formula is C16H20Cl3NO3S. The number of esters is 1. The van der Waals surface area contributed by atoms with Crippen molar-refractivity contribution in [3.8, 4) is 0 Å². The van der Waals surface area contributed by atoms with Crippen LogP contribution < -0.4 is 0 Å². The number of nitrogens with zero attached hydrogens (tertiary/aromatic N) is 1. The first kappa shape index (κ1) is 20.1. The molecule has 1 aromatic rings. The molecule has 0 aliphatic carbocycles. The maximum absolute atomic E-state index is 12.4. The molecule has 0 N–H and O–H groups in total. The Kier molecular flexibility index (Phi) is 7.53. The summed E-state index contributed by atoms with van der Waals surface area (Å²) in [5.74, 6) is -0.275. The van der Waals surface area contributed by atoms with Crippen LogP contribution in [0.4, 0.5) is 0 Å². The quantitative estimate of drug-likeness (QED) is 0.393. The summed E-state index contributed by atoms with van der Waals surface area (Å²) in [6, 6.07) is 3.40. The predicted molar refractivity (Wildman–Crippen MR) is 99.6 cm³/mol. The van der Waals surface area contributed by atoms with Crippen LogP contribution in [0.25, 0.3) is 0 Å². The van der Waals surface area contributed by atoms with E-state index >= 15 is 0 Å². The molecule has 0 bridgehead atoms. The molecule has 1 fully saturated rings. The molecule has 2 rings (SSSR count). The Hall–Kier alpha value is -0.170. The van der Waals surface area contributed by atoms with Crippen molar-refractivity contribution in [3.63, 3.8) is 0 Å². The van der Waals surface area contributed by atoms with E-state index in [0.717, 1.165) is 31.2 Å². The van der Waals surface area contributed by atoms with Crippen molar-refractivity contribution in [2.75, 3.05) is 39.5 Å². The molecule has 1 saturated heterocycles. The fourth-order valence-electron chi connectivity index (χ4n) is 2.19. The molecule has 1 aliphatic rings. The van der Waals surface area contributed by atoms with Crippen LogP contribution in [0.2, 0.25) is 15.1 Å². The van der Waals surface area contributed by atoms with Crippen molar-refractivity contribution in [1.82, 2.24) is 4.90 Å². The molecule has 4 nitrogen and oxygen atoms in total. The minimum absolute atomic E-state index is 0.275. The highest BCUT2D eigenvalue weighted by atomic mass is 35.5. The summed E-state index contributed by atoms with van der Waals surface area (Å²) in [5.41, 5.74) is 0. The molecule has 0 spiro atoms. The van der Waals surface area contributed by atoms with E-state index in [1.165, 1.54) is 11.8 Å². The van der Waals surface area contributed by atoms with Crippen molar-refractivity contribution in [2.45, 2.75) is 23.5 Å². The second kappa shape index (κ2) is 8.97. The number of ether oxygens (including phenoxy) is 2. The van der Waals surface area contributed by atoms with Gasteiger partial charge in [-0.25, -0.2) is 0 Å². The van der Waals surface area contributed by atoms with Gasteiger partial charge in [-0.2, -0.15) is 0 Å². The van der Waals surface area contributed by atoms with Gasteiger partial charge in [-0.05, 0) is 26.0 Å². The SMILES string of the molecule is CC(C)(Sc1cc(Cl)c(Cl)c(Cl)c1)C(=O)OCCN1CCOCC1. The molecule has 1 heterocycles. The number of halogens is 3. The summed E-state index contributed by atoms with van der Waals surface area (Å²) in [6.07, 6.45) is 0. The van der Waals surface area contributed by atoms with Crippen LogP contribution >= 0.6 is 46.6 Å². The number of hydrogen-bond acceptors (Lipinski definition) is 5. The first-order chi connectivity index (χ1) is 11.3. The van der Waals surface area contributed by atoms with E-state index in [2.05, 4.69) is 4.90 Å². The van der Waals surface area contributed by atoms with Gasteiger partial charge in [0.05, 0.1) is 28.3 Å². The van der Waals surface area contributed by atoms with Gasteiger partial charge in [-0.15, -0.1) is 11.8 Å². The Morgan fingerprint density at radius 2 is 1.83 bits per heavy atom. The highest BCUT2D eigenvalue weighted by Crippen LogP contribution is 2.39. The number of morpholine rings is 1. The number of carbonyl (C=O) groups excluding carboxylic acids is 1. The van der Waals surface area contributed by atoms with Crippen LogP contribution in [-0.4, -0.2) is 55.1 Å². The van der Waals surface area contributed by atoms with E-state index < -0.39 is 4.75 Å². The van der Waals surface area contributed by atoms with Gasteiger partial charge in [0, 0.05) is 24.5 Å². The molecule has 0 amide bonds. The summed E-state index contributed by atoms with van der Waals surface area (Å²) in [5, 5.41) is 1.04. The minimum atomic E-state index is -0.758. The average molecular weight is 413 g/mol. The van der Waals surface area contributed by atoms with Crippen molar-refractivity contribution >= 4 is 52.5 Å². The molecule has 1 aliphatic heterocycles. The molecule has 0 radical (unpaired) electrons. The van der Waals surface area contributed by atoms with Gasteiger partial charge >= 0.3 is 5.97 Å². The van der Waals surface area contributed by atoms with Gasteiger partial charge in [0.2, 0.25) is 0 Å². The van der Waals surface area contributed by atoms with E-state index in [1.54, 1.807) is 12.1 Å². The number of hydrogen-bond donors (Lipinski definition) is 0. The van der Waals surface area contributed by atoms with Crippen molar-refractivity contribution in [2.24, 2.45) is 0 Å². The van der Waals surface area contributed by atoms with Crippen molar-refractivity contribution in [1.29, 1.82) is 0 Å². The van der Waals surface area contributed by atoms with Crippen LogP contribution in [0.5, 0.6) is 0 Å². The fraction of sp³-hybridized carbons (Fsp3) is 0.562. The Morgan fingerprint density at radius 3 is 2.42 bits per heavy atom. The minimum Gasteiger partial charge on any atom is -0.463 e. The van der Waals surface area contributed by atoms with E-state index in [0.29, 0.717) is 28.2 Å². The van der Waals surface area contributed by atoms with E-state index in [-0.39, 0.29) is 5.97 Å². The topological polar surface area (TPSA) is 38.8 Å². The summed E-state index contributed by atoms with van der Waals surface area (Å²) < 4.78 is 9.96. The van der Waals surface area contributed by atoms with E-state index in [4.69, 9.17) is 44.3 Å². The second-order valence-electron chi connectivity index (χ2n) is 5.90. The van der Waals surface area contributed by atoms with Gasteiger partial charge in [0.15, 0.2) is 0 Å². The molecule has 1 aromatic carbocycles. The molecule has 0 aromatic heterocycles. The Bertz CT molecular complexity index is 569. The standard InChI is InChI=1S/C16H20Cl3NO3S/c1-16(2,24-11-9-12(17)14(19)13(18)10-11)15(21)23-8-5-20-3-6-22-7-4-20/h9-10H,3-8H2,1-2H3. The molecular weight excluding hydrogens is 393 g/mol. The predicted octanol–water partition coefficient (Wildman–Crippen LogP) is 4.39. The maximum atomic E-state index is 12.4. The molecule has 134 valence electrons. The molecule has 0 saturated carbocycles. The normalized spacial score (nSPS) is 16.2.